The number of nitrogens with two attached hydrogens (primary N) is 1. The molecule has 0 aliphatic heterocycles. The van der Waals surface area contributed by atoms with Gasteiger partial charge in [0.2, 0.25) is 5.91 Å². The minimum absolute atomic E-state index is 0.0917. The summed E-state index contributed by atoms with van der Waals surface area (Å²) in [6.07, 6.45) is -0.334. The zero-order valence-corrected chi connectivity index (χ0v) is 20.2. The van der Waals surface area contributed by atoms with Crippen LogP contribution in [0.1, 0.15) is 37.1 Å². The maximum atomic E-state index is 12.0. The van der Waals surface area contributed by atoms with E-state index in [2.05, 4.69) is 15.3 Å². The normalized spacial score (nSPS) is 13.0. The first-order valence-electron chi connectivity index (χ1n) is 10.2. The highest BCUT2D eigenvalue weighted by Crippen LogP contribution is 2.69. The molecule has 0 spiro atoms. The fraction of sp³-hybridized carbons (Fsp3) is 0.765. The molecule has 0 atom stereocenters. The van der Waals surface area contributed by atoms with Gasteiger partial charge >= 0.3 is 15.2 Å². The molecule has 1 aromatic rings. The lowest BCUT2D eigenvalue weighted by molar-refractivity contribution is -0.121. The van der Waals surface area contributed by atoms with Crippen LogP contribution in [0.3, 0.4) is 0 Å². The zero-order valence-electron chi connectivity index (χ0n) is 18.4. The molecule has 8 N–H and O–H groups in total. The molecule has 0 saturated carbocycles. The van der Waals surface area contributed by atoms with Crippen LogP contribution in [0.15, 0.2) is 6.07 Å². The highest BCUT2D eigenvalue weighted by molar-refractivity contribution is 7.72. The first-order valence-corrected chi connectivity index (χ1v) is 13.5. The number of carbonyl (C=O) groups excluding carboxylic acids is 1. The van der Waals surface area contributed by atoms with Crippen molar-refractivity contribution in [2.45, 2.75) is 51.2 Å². The molecule has 186 valence electrons. The Morgan fingerprint density at radius 2 is 1.78 bits per heavy atom. The van der Waals surface area contributed by atoms with E-state index in [9.17, 15) is 19.0 Å². The van der Waals surface area contributed by atoms with Crippen molar-refractivity contribution in [3.05, 3.63) is 17.5 Å². The van der Waals surface area contributed by atoms with E-state index in [4.69, 9.17) is 25.3 Å². The molecule has 0 radical (unpaired) electrons. The van der Waals surface area contributed by atoms with Gasteiger partial charge in [-0.05, 0) is 39.3 Å². The Morgan fingerprint density at radius 1 is 1.16 bits per heavy atom. The van der Waals surface area contributed by atoms with E-state index in [1.165, 1.54) is 0 Å². The van der Waals surface area contributed by atoms with Crippen LogP contribution in [0.4, 0.5) is 0 Å². The van der Waals surface area contributed by atoms with Crippen molar-refractivity contribution in [1.82, 2.24) is 20.0 Å². The second-order valence-corrected chi connectivity index (χ2v) is 11.7. The summed E-state index contributed by atoms with van der Waals surface area (Å²) in [6.45, 7) is 7.04. The molecule has 1 amide bonds. The van der Waals surface area contributed by atoms with Gasteiger partial charge in [0.1, 0.15) is 0 Å². The molecule has 13 nitrogen and oxygen atoms in total. The number of rotatable bonds is 15. The summed E-state index contributed by atoms with van der Waals surface area (Å²) < 4.78 is 24.5. The topological polar surface area (TPSA) is 211 Å². The second kappa shape index (κ2) is 12.4. The van der Waals surface area contributed by atoms with E-state index >= 15 is 0 Å². The summed E-state index contributed by atoms with van der Waals surface area (Å²) in [4.78, 5) is 50.5. The summed E-state index contributed by atoms with van der Waals surface area (Å²) in [5.74, 6) is -0.313. The smallest absolute Gasteiger partial charge is 0.368 e. The molecule has 1 aromatic heterocycles. The van der Waals surface area contributed by atoms with Crippen molar-refractivity contribution < 1.29 is 38.6 Å². The van der Waals surface area contributed by atoms with Crippen molar-refractivity contribution in [3.8, 4) is 0 Å². The van der Waals surface area contributed by atoms with E-state index in [0.29, 0.717) is 32.6 Å². The lowest BCUT2D eigenvalue weighted by Gasteiger charge is -2.29. The largest absolute Gasteiger partial charge is 0.369 e. The third-order valence-electron chi connectivity index (χ3n) is 5.00. The predicted molar refractivity (Wildman–Crippen MR) is 118 cm³/mol. The molecular weight excluding hydrogens is 464 g/mol. The van der Waals surface area contributed by atoms with Gasteiger partial charge in [0.25, 0.3) is 5.08 Å². The SMILES string of the molecule is Cc1cc(C)n(CCN(CCN)CCCC(=O)NCCCC(O)(P(=O)(O)O)P(=O)(O)O)n1. The van der Waals surface area contributed by atoms with Gasteiger partial charge in [-0.3, -0.25) is 18.6 Å². The number of nitrogens with one attached hydrogen (secondary N) is 1. The lowest BCUT2D eigenvalue weighted by atomic mass is 10.2. The van der Waals surface area contributed by atoms with Gasteiger partial charge in [-0.25, -0.2) is 0 Å². The number of aryl methyl sites for hydroxylation is 2. The van der Waals surface area contributed by atoms with Crippen molar-refractivity contribution in [2.75, 3.05) is 32.7 Å². The molecule has 32 heavy (non-hydrogen) atoms. The molecule has 0 aliphatic rings. The third-order valence-corrected chi connectivity index (χ3v) is 8.88. The molecule has 0 aliphatic carbocycles. The van der Waals surface area contributed by atoms with Crippen molar-refractivity contribution in [2.24, 2.45) is 5.73 Å². The molecule has 0 bridgehead atoms. The first-order chi connectivity index (χ1) is 14.7. The van der Waals surface area contributed by atoms with Gasteiger partial charge in [0, 0.05) is 44.7 Å². The minimum atomic E-state index is -5.48. The number of aliphatic hydroxyl groups is 1. The predicted octanol–water partition coefficient (Wildman–Crippen LogP) is -0.561. The molecule has 0 aromatic carbocycles. The van der Waals surface area contributed by atoms with Crippen LogP contribution < -0.4 is 11.1 Å². The van der Waals surface area contributed by atoms with Gasteiger partial charge in [-0.2, -0.15) is 5.10 Å². The third kappa shape index (κ3) is 8.66. The summed E-state index contributed by atoms with van der Waals surface area (Å²) in [6, 6.07) is 2.00. The van der Waals surface area contributed by atoms with Crippen LogP contribution in [-0.2, 0) is 20.5 Å². The Bertz CT molecular complexity index is 815. The lowest BCUT2D eigenvalue weighted by Crippen LogP contribution is -2.34. The van der Waals surface area contributed by atoms with E-state index in [1.54, 1.807) is 0 Å². The van der Waals surface area contributed by atoms with Gasteiger partial charge in [-0.15, -0.1) is 0 Å². The highest BCUT2D eigenvalue weighted by atomic mass is 31.2. The second-order valence-electron chi connectivity index (χ2n) is 7.70. The van der Waals surface area contributed by atoms with Crippen LogP contribution in [0.25, 0.3) is 0 Å². The van der Waals surface area contributed by atoms with Crippen LogP contribution in [0.2, 0.25) is 0 Å². The fourth-order valence-corrected chi connectivity index (χ4v) is 5.48. The van der Waals surface area contributed by atoms with Crippen LogP contribution in [0.5, 0.6) is 0 Å². The molecular formula is C17H35N5O8P2. The maximum absolute atomic E-state index is 12.0. The Kier molecular flexibility index (Phi) is 11.2. The summed E-state index contributed by atoms with van der Waals surface area (Å²) >= 11 is 0. The molecule has 1 heterocycles. The highest BCUT2D eigenvalue weighted by Gasteiger charge is 2.58. The Balaban J connectivity index is 2.39. The van der Waals surface area contributed by atoms with Gasteiger partial charge in [-0.1, -0.05) is 0 Å². The van der Waals surface area contributed by atoms with Gasteiger partial charge in [0.15, 0.2) is 0 Å². The number of nitrogens with zero attached hydrogens (tertiary/aromatic N) is 3. The number of carbonyl (C=O) groups is 1. The Hall–Kier alpha value is -1.14. The van der Waals surface area contributed by atoms with E-state index < -0.39 is 26.7 Å². The minimum Gasteiger partial charge on any atom is -0.368 e. The monoisotopic (exact) mass is 499 g/mol. The number of hydrogen-bond donors (Lipinski definition) is 7. The van der Waals surface area contributed by atoms with Crippen molar-refractivity contribution in [1.29, 1.82) is 0 Å². The van der Waals surface area contributed by atoms with Crippen LogP contribution in [-0.4, -0.2) is 83.1 Å². The average Bonchev–Trinajstić information content (AvgIpc) is 2.98. The standard InChI is InChI=1S/C17H35N5O8P2/c1-14-13-15(2)22(20-14)12-11-21(10-7-18)9-3-5-16(23)19-8-4-6-17(24,31(25,26)27)32(28,29)30/h13,24H,3-12,18H2,1-2H3,(H,19,23)(H2,25,26,27)(H2,28,29,30). The van der Waals surface area contributed by atoms with E-state index in [-0.39, 0.29) is 25.3 Å². The quantitative estimate of drug-likeness (QED) is 0.120. The van der Waals surface area contributed by atoms with Gasteiger partial charge < -0.3 is 40.6 Å². The first kappa shape index (κ1) is 28.9. The Morgan fingerprint density at radius 3 is 2.28 bits per heavy atom. The summed E-state index contributed by atoms with van der Waals surface area (Å²) in [5, 5.41) is 13.3. The summed E-state index contributed by atoms with van der Waals surface area (Å²) in [7, 11) is -11.0. The van der Waals surface area contributed by atoms with Crippen molar-refractivity contribution in [3.63, 3.8) is 0 Å². The van der Waals surface area contributed by atoms with Crippen molar-refractivity contribution >= 4 is 21.1 Å². The zero-order chi connectivity index (χ0) is 24.6. The van der Waals surface area contributed by atoms with E-state index in [1.807, 2.05) is 24.6 Å². The molecule has 15 heteroatoms. The number of hydrogen-bond acceptors (Lipinski definition) is 7. The molecule has 0 fully saturated rings. The summed E-state index contributed by atoms with van der Waals surface area (Å²) in [5.41, 5.74) is 7.68. The molecule has 1 rings (SSSR count). The number of aromatic nitrogens is 2. The Labute approximate surface area is 187 Å². The van der Waals surface area contributed by atoms with Crippen LogP contribution in [0, 0.1) is 13.8 Å². The molecule has 0 unspecified atom stereocenters. The maximum Gasteiger partial charge on any atom is 0.369 e. The number of amides is 1. The molecule has 0 saturated heterocycles. The fourth-order valence-electron chi connectivity index (χ4n) is 3.22. The average molecular weight is 499 g/mol. The van der Waals surface area contributed by atoms with Gasteiger partial charge in [0.05, 0.1) is 12.2 Å². The van der Waals surface area contributed by atoms with E-state index in [0.717, 1.165) is 17.9 Å². The van der Waals surface area contributed by atoms with Crippen LogP contribution >= 0.6 is 15.2 Å².